The van der Waals surface area contributed by atoms with E-state index in [1.165, 1.54) is 0 Å². The minimum Gasteiger partial charge on any atom is -0.449 e. The summed E-state index contributed by atoms with van der Waals surface area (Å²) in [5, 5.41) is 0. The molecule has 0 aliphatic rings. The van der Waals surface area contributed by atoms with Crippen LogP contribution in [0.1, 0.15) is 19.8 Å². The number of nitrogens with zero attached hydrogens (tertiary/aromatic N) is 1. The second-order valence-corrected chi connectivity index (χ2v) is 2.66. The number of hydrogen-bond donors (Lipinski definition) is 2. The van der Waals surface area contributed by atoms with Crippen molar-refractivity contribution in [2.24, 2.45) is 5.84 Å². The molecule has 5 heteroatoms. The first-order valence-electron chi connectivity index (χ1n) is 4.79. The highest BCUT2D eigenvalue weighted by Crippen LogP contribution is 1.86. The van der Waals surface area contributed by atoms with E-state index in [1.807, 2.05) is 30.5 Å². The number of nitrogens with two attached hydrogens (primary N) is 1. The number of pyridine rings is 1. The normalized spacial score (nSPS) is 8.40. The van der Waals surface area contributed by atoms with Gasteiger partial charge in [-0.2, -0.15) is 0 Å². The van der Waals surface area contributed by atoms with E-state index in [9.17, 15) is 4.79 Å². The van der Waals surface area contributed by atoms with Crippen molar-refractivity contribution in [3.05, 3.63) is 30.6 Å². The molecule has 1 aromatic heterocycles. The molecule has 0 bridgehead atoms. The molecule has 0 spiro atoms. The minimum absolute atomic E-state index is 0.444. The van der Waals surface area contributed by atoms with Gasteiger partial charge in [-0.15, -0.1) is 0 Å². The molecule has 0 aliphatic heterocycles. The maximum atomic E-state index is 10.2. The zero-order valence-corrected chi connectivity index (χ0v) is 8.85. The largest absolute Gasteiger partial charge is 0.449 e. The van der Waals surface area contributed by atoms with Gasteiger partial charge < -0.3 is 4.74 Å². The van der Waals surface area contributed by atoms with E-state index in [1.54, 1.807) is 12.4 Å². The average Bonchev–Trinajstić information content (AvgIpc) is 2.32. The fourth-order valence-corrected chi connectivity index (χ4v) is 0.663. The summed E-state index contributed by atoms with van der Waals surface area (Å²) in [6, 6.07) is 5.72. The first-order chi connectivity index (χ1) is 7.31. The third-order valence-electron chi connectivity index (χ3n) is 1.42. The second kappa shape index (κ2) is 10.5. The highest BCUT2D eigenvalue weighted by atomic mass is 16.5. The number of unbranched alkanes of at least 4 members (excludes halogenated alkanes) is 1. The number of carbonyl (C=O) groups is 1. The molecule has 84 valence electrons. The first-order valence-corrected chi connectivity index (χ1v) is 4.79. The minimum atomic E-state index is -0.566. The fraction of sp³-hybridized carbons (Fsp3) is 0.400. The van der Waals surface area contributed by atoms with E-state index in [2.05, 4.69) is 9.72 Å². The van der Waals surface area contributed by atoms with Gasteiger partial charge in [0.1, 0.15) is 0 Å². The average molecular weight is 211 g/mol. The maximum absolute atomic E-state index is 10.2. The van der Waals surface area contributed by atoms with Gasteiger partial charge in [0.15, 0.2) is 0 Å². The summed E-state index contributed by atoms with van der Waals surface area (Å²) in [5.74, 6) is 4.73. The monoisotopic (exact) mass is 211 g/mol. The predicted octanol–water partition coefficient (Wildman–Crippen LogP) is 1.47. The Morgan fingerprint density at radius 3 is 2.40 bits per heavy atom. The number of hydrazine groups is 1. The molecule has 5 nitrogen and oxygen atoms in total. The molecule has 1 rings (SSSR count). The van der Waals surface area contributed by atoms with Crippen LogP contribution in [0.5, 0.6) is 0 Å². The van der Waals surface area contributed by atoms with Crippen LogP contribution in [0.4, 0.5) is 4.79 Å². The molecule has 0 aliphatic carbocycles. The van der Waals surface area contributed by atoms with Crippen molar-refractivity contribution < 1.29 is 9.53 Å². The Labute approximate surface area is 89.6 Å². The lowest BCUT2D eigenvalue weighted by atomic mass is 10.4. The second-order valence-electron chi connectivity index (χ2n) is 2.66. The lowest BCUT2D eigenvalue weighted by Crippen LogP contribution is -2.30. The lowest BCUT2D eigenvalue weighted by molar-refractivity contribution is 0.144. The summed E-state index contributed by atoms with van der Waals surface area (Å²) in [4.78, 5) is 14.0. The van der Waals surface area contributed by atoms with Crippen molar-refractivity contribution in [3.8, 4) is 0 Å². The molecule has 0 radical (unpaired) electrons. The third-order valence-corrected chi connectivity index (χ3v) is 1.42. The molecule has 0 fully saturated rings. The molecule has 0 aromatic carbocycles. The molecule has 0 atom stereocenters. The van der Waals surface area contributed by atoms with Crippen molar-refractivity contribution in [1.29, 1.82) is 0 Å². The third kappa shape index (κ3) is 10.3. The van der Waals surface area contributed by atoms with Crippen molar-refractivity contribution in [1.82, 2.24) is 10.4 Å². The Hall–Kier alpha value is -1.62. The number of ether oxygens (including phenoxy) is 1. The topological polar surface area (TPSA) is 77.2 Å². The van der Waals surface area contributed by atoms with E-state index >= 15 is 0 Å². The Morgan fingerprint density at radius 1 is 1.40 bits per heavy atom. The quantitative estimate of drug-likeness (QED) is 0.343. The summed E-state index contributed by atoms with van der Waals surface area (Å²) in [5.41, 5.74) is 1.86. The molecule has 1 amide bonds. The van der Waals surface area contributed by atoms with Gasteiger partial charge in [-0.25, -0.2) is 10.6 Å². The van der Waals surface area contributed by atoms with Gasteiger partial charge in [0.2, 0.25) is 0 Å². The van der Waals surface area contributed by atoms with Gasteiger partial charge in [0.05, 0.1) is 6.61 Å². The molecule has 1 heterocycles. The zero-order valence-electron chi connectivity index (χ0n) is 8.85. The molecule has 3 N–H and O–H groups in total. The van der Waals surface area contributed by atoms with Crippen LogP contribution in [0.25, 0.3) is 0 Å². The van der Waals surface area contributed by atoms with Crippen LogP contribution in [0, 0.1) is 0 Å². The van der Waals surface area contributed by atoms with Crippen LogP contribution < -0.4 is 11.3 Å². The van der Waals surface area contributed by atoms with E-state index in [0.29, 0.717) is 6.61 Å². The lowest BCUT2D eigenvalue weighted by Gasteiger charge is -2.00. The van der Waals surface area contributed by atoms with E-state index in [4.69, 9.17) is 5.84 Å². The maximum Gasteiger partial charge on any atom is 0.421 e. The summed E-state index contributed by atoms with van der Waals surface area (Å²) < 4.78 is 4.56. The zero-order chi connectivity index (χ0) is 11.4. The van der Waals surface area contributed by atoms with E-state index < -0.39 is 6.09 Å². The number of amides is 1. The van der Waals surface area contributed by atoms with Crippen LogP contribution in [-0.2, 0) is 4.74 Å². The first kappa shape index (κ1) is 13.4. The number of aromatic nitrogens is 1. The van der Waals surface area contributed by atoms with Crippen molar-refractivity contribution in [2.45, 2.75) is 19.8 Å². The standard InChI is InChI=1S/C5H12N2O2.C5H5N/c1-2-3-4-9-5(8)7-6;1-2-4-6-5-3-1/h2-4,6H2,1H3,(H,7,8);1-5H. The summed E-state index contributed by atoms with van der Waals surface area (Å²) >= 11 is 0. The number of carbonyl (C=O) groups excluding carboxylic acids is 1. The molecule has 0 saturated heterocycles. The van der Waals surface area contributed by atoms with Gasteiger partial charge in [-0.05, 0) is 18.6 Å². The Bertz CT molecular complexity index is 215. The smallest absolute Gasteiger partial charge is 0.421 e. The van der Waals surface area contributed by atoms with Gasteiger partial charge in [0.25, 0.3) is 0 Å². The Balaban J connectivity index is 0.000000280. The van der Waals surface area contributed by atoms with E-state index in [-0.39, 0.29) is 0 Å². The SMILES string of the molecule is CCCCOC(=O)NN.c1ccncc1. The highest BCUT2D eigenvalue weighted by molar-refractivity contribution is 5.66. The Morgan fingerprint density at radius 2 is 2.07 bits per heavy atom. The molecule has 0 unspecified atom stereocenters. The predicted molar refractivity (Wildman–Crippen MR) is 57.8 cm³/mol. The molecule has 0 saturated carbocycles. The number of rotatable bonds is 3. The van der Waals surface area contributed by atoms with Gasteiger partial charge in [-0.1, -0.05) is 19.4 Å². The number of nitrogens with one attached hydrogen (secondary N) is 1. The summed E-state index contributed by atoms with van der Waals surface area (Å²) in [6.07, 6.45) is 4.83. The van der Waals surface area contributed by atoms with Crippen LogP contribution >= 0.6 is 0 Å². The van der Waals surface area contributed by atoms with Gasteiger partial charge >= 0.3 is 6.09 Å². The van der Waals surface area contributed by atoms with Crippen LogP contribution in [-0.4, -0.2) is 17.7 Å². The van der Waals surface area contributed by atoms with E-state index in [0.717, 1.165) is 12.8 Å². The van der Waals surface area contributed by atoms with Crippen LogP contribution in [0.15, 0.2) is 30.6 Å². The number of hydrogen-bond acceptors (Lipinski definition) is 4. The molecular formula is C10H17N3O2. The van der Waals surface area contributed by atoms with Gasteiger partial charge in [-0.3, -0.25) is 10.4 Å². The molecule has 15 heavy (non-hydrogen) atoms. The Kier molecular flexibility index (Phi) is 9.33. The van der Waals surface area contributed by atoms with Crippen LogP contribution in [0.3, 0.4) is 0 Å². The van der Waals surface area contributed by atoms with Crippen LogP contribution in [0.2, 0.25) is 0 Å². The molecule has 1 aromatic rings. The van der Waals surface area contributed by atoms with Crippen molar-refractivity contribution in [2.75, 3.05) is 6.61 Å². The summed E-state index contributed by atoms with van der Waals surface area (Å²) in [6.45, 7) is 2.46. The van der Waals surface area contributed by atoms with Gasteiger partial charge in [0, 0.05) is 12.4 Å². The molecular weight excluding hydrogens is 194 g/mol. The highest BCUT2D eigenvalue weighted by Gasteiger charge is 1.94. The van der Waals surface area contributed by atoms with Crippen molar-refractivity contribution in [3.63, 3.8) is 0 Å². The summed E-state index contributed by atoms with van der Waals surface area (Å²) in [7, 11) is 0. The fourth-order valence-electron chi connectivity index (χ4n) is 0.663. The van der Waals surface area contributed by atoms with Crippen molar-refractivity contribution >= 4 is 6.09 Å².